The Morgan fingerprint density at radius 1 is 1.03 bits per heavy atom. The van der Waals surface area contributed by atoms with Crippen LogP contribution in [0.2, 0.25) is 5.02 Å². The van der Waals surface area contributed by atoms with Gasteiger partial charge in [0.05, 0.1) is 34.8 Å². The summed E-state index contributed by atoms with van der Waals surface area (Å²) >= 11 is 5.79. The summed E-state index contributed by atoms with van der Waals surface area (Å²) in [7, 11) is 0. The first-order chi connectivity index (χ1) is 13.8. The first-order valence-electron chi connectivity index (χ1n) is 8.40. The normalized spacial score (nSPS) is 11.6. The molecule has 0 fully saturated rings. The predicted octanol–water partition coefficient (Wildman–Crippen LogP) is 5.35. The summed E-state index contributed by atoms with van der Waals surface area (Å²) in [5.74, 6) is -0.936. The Bertz CT molecular complexity index is 1200. The first-order valence-corrected chi connectivity index (χ1v) is 8.78. The highest BCUT2D eigenvalue weighted by atomic mass is 35.5. The monoisotopic (exact) mass is 416 g/mol. The molecule has 2 aromatic heterocycles. The van der Waals surface area contributed by atoms with E-state index in [1.165, 1.54) is 30.5 Å². The number of para-hydroxylation sites is 1. The van der Waals surface area contributed by atoms with Gasteiger partial charge in [0.15, 0.2) is 5.69 Å². The van der Waals surface area contributed by atoms with Crippen LogP contribution in [0.1, 0.15) is 16.1 Å². The minimum atomic E-state index is -4.80. The lowest BCUT2D eigenvalue weighted by atomic mass is 10.2. The van der Waals surface area contributed by atoms with Gasteiger partial charge in [0.1, 0.15) is 0 Å². The highest BCUT2D eigenvalue weighted by Gasteiger charge is 2.40. The molecule has 9 heteroatoms. The van der Waals surface area contributed by atoms with Gasteiger partial charge in [-0.3, -0.25) is 9.78 Å². The number of anilines is 1. The fraction of sp³-hybridized carbons (Fsp3) is 0.0500. The van der Waals surface area contributed by atoms with E-state index in [1.807, 2.05) is 6.07 Å². The lowest BCUT2D eigenvalue weighted by molar-refractivity contribution is -0.143. The van der Waals surface area contributed by atoms with Gasteiger partial charge in [0.2, 0.25) is 0 Å². The van der Waals surface area contributed by atoms with E-state index < -0.39 is 23.3 Å². The largest absolute Gasteiger partial charge is 0.434 e. The molecule has 1 amide bonds. The van der Waals surface area contributed by atoms with E-state index in [2.05, 4.69) is 15.4 Å². The highest BCUT2D eigenvalue weighted by molar-refractivity contribution is 6.30. The van der Waals surface area contributed by atoms with Crippen molar-refractivity contribution in [2.75, 3.05) is 5.32 Å². The molecule has 0 spiro atoms. The average molecular weight is 417 g/mol. The van der Waals surface area contributed by atoms with Crippen LogP contribution in [0.5, 0.6) is 0 Å². The molecule has 5 nitrogen and oxygen atoms in total. The fourth-order valence-electron chi connectivity index (χ4n) is 2.90. The molecule has 0 bridgehead atoms. The Balaban J connectivity index is 1.71. The second-order valence-corrected chi connectivity index (χ2v) is 6.60. The number of alkyl halides is 3. The van der Waals surface area contributed by atoms with Crippen LogP contribution in [0, 0.1) is 0 Å². The number of benzene rings is 2. The third kappa shape index (κ3) is 3.79. The molecule has 0 saturated carbocycles. The van der Waals surface area contributed by atoms with Crippen LogP contribution in [0.4, 0.5) is 18.9 Å². The lowest BCUT2D eigenvalue weighted by Crippen LogP contribution is -2.20. The van der Waals surface area contributed by atoms with Gasteiger partial charge >= 0.3 is 6.18 Å². The molecule has 2 heterocycles. The quantitative estimate of drug-likeness (QED) is 0.490. The Labute approximate surface area is 167 Å². The molecule has 0 unspecified atom stereocenters. The summed E-state index contributed by atoms with van der Waals surface area (Å²) in [6.45, 7) is 0. The lowest BCUT2D eigenvalue weighted by Gasteiger charge is -2.13. The van der Waals surface area contributed by atoms with E-state index >= 15 is 0 Å². The number of nitrogens with one attached hydrogen (secondary N) is 1. The maximum Gasteiger partial charge on any atom is 0.434 e. The van der Waals surface area contributed by atoms with E-state index in [9.17, 15) is 18.0 Å². The smallest absolute Gasteiger partial charge is 0.320 e. The SMILES string of the molecule is O=C(Nc1cnc2ccccc2c1)c1cnn(-c2ccc(Cl)cc2)c1C(F)(F)F. The van der Waals surface area contributed by atoms with Gasteiger partial charge in [-0.25, -0.2) is 4.68 Å². The van der Waals surface area contributed by atoms with Gasteiger partial charge < -0.3 is 5.32 Å². The van der Waals surface area contributed by atoms with Crippen LogP contribution in [-0.4, -0.2) is 20.7 Å². The maximum absolute atomic E-state index is 13.7. The zero-order chi connectivity index (χ0) is 20.6. The number of carbonyl (C=O) groups excluding carboxylic acids is 1. The van der Waals surface area contributed by atoms with Crippen molar-refractivity contribution in [1.82, 2.24) is 14.8 Å². The summed E-state index contributed by atoms with van der Waals surface area (Å²) < 4.78 is 41.9. The number of pyridine rings is 1. The van der Waals surface area contributed by atoms with Gasteiger partial charge in [-0.2, -0.15) is 18.3 Å². The summed E-state index contributed by atoms with van der Waals surface area (Å²) in [4.78, 5) is 16.8. The Hall–Kier alpha value is -3.39. The van der Waals surface area contributed by atoms with Gasteiger partial charge in [0.25, 0.3) is 5.91 Å². The van der Waals surface area contributed by atoms with Gasteiger partial charge in [0, 0.05) is 10.4 Å². The van der Waals surface area contributed by atoms with Gasteiger partial charge in [-0.15, -0.1) is 0 Å². The predicted molar refractivity (Wildman–Crippen MR) is 103 cm³/mol. The molecular weight excluding hydrogens is 405 g/mol. The molecule has 146 valence electrons. The minimum Gasteiger partial charge on any atom is -0.320 e. The van der Waals surface area contributed by atoms with Crippen molar-refractivity contribution in [3.8, 4) is 5.69 Å². The molecule has 0 saturated heterocycles. The Morgan fingerprint density at radius 2 is 1.76 bits per heavy atom. The summed E-state index contributed by atoms with van der Waals surface area (Å²) in [5.41, 5.74) is -0.655. The fourth-order valence-corrected chi connectivity index (χ4v) is 3.03. The molecule has 0 aliphatic carbocycles. The number of hydrogen-bond acceptors (Lipinski definition) is 3. The van der Waals surface area contributed by atoms with Crippen molar-refractivity contribution in [3.63, 3.8) is 0 Å². The molecule has 2 aromatic carbocycles. The average Bonchev–Trinajstić information content (AvgIpc) is 3.14. The highest BCUT2D eigenvalue weighted by Crippen LogP contribution is 2.34. The molecule has 29 heavy (non-hydrogen) atoms. The van der Waals surface area contributed by atoms with Crippen molar-refractivity contribution in [2.24, 2.45) is 0 Å². The number of rotatable bonds is 3. The van der Waals surface area contributed by atoms with Gasteiger partial charge in [-0.05, 0) is 36.4 Å². The third-order valence-corrected chi connectivity index (χ3v) is 4.45. The van der Waals surface area contributed by atoms with Crippen LogP contribution in [0.15, 0.2) is 67.0 Å². The van der Waals surface area contributed by atoms with Crippen LogP contribution in [0.25, 0.3) is 16.6 Å². The van der Waals surface area contributed by atoms with E-state index in [-0.39, 0.29) is 11.4 Å². The number of halogens is 4. The summed E-state index contributed by atoms with van der Waals surface area (Å²) in [6.07, 6.45) is -2.53. The van der Waals surface area contributed by atoms with Crippen molar-refractivity contribution in [2.45, 2.75) is 6.18 Å². The van der Waals surface area contributed by atoms with E-state index in [4.69, 9.17) is 11.6 Å². The number of hydrogen-bond donors (Lipinski definition) is 1. The van der Waals surface area contributed by atoms with E-state index in [0.717, 1.165) is 11.6 Å². The van der Waals surface area contributed by atoms with Crippen LogP contribution in [0.3, 0.4) is 0 Å². The molecule has 4 rings (SSSR count). The van der Waals surface area contributed by atoms with Crippen LogP contribution >= 0.6 is 11.6 Å². The van der Waals surface area contributed by atoms with Gasteiger partial charge in [-0.1, -0.05) is 29.8 Å². The summed E-state index contributed by atoms with van der Waals surface area (Å²) in [6, 6.07) is 14.5. The van der Waals surface area contributed by atoms with Crippen molar-refractivity contribution in [3.05, 3.63) is 83.3 Å². The number of fused-ring (bicyclic) bond motifs is 1. The maximum atomic E-state index is 13.7. The number of nitrogens with zero attached hydrogens (tertiary/aromatic N) is 3. The molecule has 0 aliphatic rings. The first kappa shape index (κ1) is 18.9. The second-order valence-electron chi connectivity index (χ2n) is 6.16. The van der Waals surface area contributed by atoms with Crippen molar-refractivity contribution in [1.29, 1.82) is 0 Å². The number of aromatic nitrogens is 3. The van der Waals surface area contributed by atoms with E-state index in [0.29, 0.717) is 15.2 Å². The Kier molecular flexibility index (Phi) is 4.71. The standard InChI is InChI=1S/C20H12ClF3N4O/c21-13-5-7-15(8-6-13)28-18(20(22,23)24)16(11-26-28)19(29)27-14-9-12-3-1-2-4-17(12)25-10-14/h1-11H,(H,27,29). The molecule has 1 N–H and O–H groups in total. The zero-order valence-corrected chi connectivity index (χ0v) is 15.4. The topological polar surface area (TPSA) is 59.8 Å². The molecule has 0 radical (unpaired) electrons. The molecule has 4 aromatic rings. The van der Waals surface area contributed by atoms with E-state index in [1.54, 1.807) is 24.3 Å². The summed E-state index contributed by atoms with van der Waals surface area (Å²) in [5, 5.41) is 7.35. The Morgan fingerprint density at radius 3 is 2.48 bits per heavy atom. The number of carbonyl (C=O) groups is 1. The minimum absolute atomic E-state index is 0.133. The molecule has 0 aliphatic heterocycles. The second kappa shape index (κ2) is 7.21. The molecule has 0 atom stereocenters. The van der Waals surface area contributed by atoms with Crippen LogP contribution in [-0.2, 0) is 6.18 Å². The van der Waals surface area contributed by atoms with Crippen LogP contribution < -0.4 is 5.32 Å². The van der Waals surface area contributed by atoms with Crippen molar-refractivity contribution < 1.29 is 18.0 Å². The number of amides is 1. The molecular formula is C20H12ClF3N4O. The third-order valence-electron chi connectivity index (χ3n) is 4.20. The van der Waals surface area contributed by atoms with Crippen molar-refractivity contribution >= 4 is 34.1 Å². The zero-order valence-electron chi connectivity index (χ0n) is 14.6.